The van der Waals surface area contributed by atoms with E-state index in [-0.39, 0.29) is 6.04 Å². The van der Waals surface area contributed by atoms with Gasteiger partial charge in [-0.2, -0.15) is 5.26 Å². The first kappa shape index (κ1) is 23.9. The van der Waals surface area contributed by atoms with Crippen LogP contribution in [0.15, 0.2) is 42.7 Å². The standard InChI is InChI=1S/C28H34N6/c1-5-23-16-34(15-21(11-29)13-31-28-10-19(3)22(12-30)14-32-28)17-27(33-23)26-9-8-24-18(2)6-7-25(24)20(26)4/h8-11,13-14,23,27,29,33H,2,5-7,15-17H2,1,3-4H3,(H,31,32)/b21-13+,29-11?. The maximum absolute atomic E-state index is 9.10. The summed E-state index contributed by atoms with van der Waals surface area (Å²) in [5.74, 6) is 0.677. The molecule has 0 spiro atoms. The van der Waals surface area contributed by atoms with Gasteiger partial charge in [0.25, 0.3) is 0 Å². The third kappa shape index (κ3) is 4.96. The molecule has 0 bridgehead atoms. The van der Waals surface area contributed by atoms with Gasteiger partial charge in [-0.3, -0.25) is 4.90 Å². The Bertz CT molecular complexity index is 1170. The number of fused-ring (bicyclic) bond motifs is 1. The van der Waals surface area contributed by atoms with Crippen molar-refractivity contribution in [1.82, 2.24) is 15.2 Å². The molecule has 1 aliphatic heterocycles. The Labute approximate surface area is 202 Å². The highest BCUT2D eigenvalue weighted by molar-refractivity contribution is 5.77. The van der Waals surface area contributed by atoms with Crippen molar-refractivity contribution in [2.45, 2.75) is 52.1 Å². The van der Waals surface area contributed by atoms with E-state index in [1.807, 2.05) is 19.2 Å². The van der Waals surface area contributed by atoms with Gasteiger partial charge >= 0.3 is 0 Å². The quantitative estimate of drug-likeness (QED) is 0.518. The fraction of sp³-hybridized carbons (Fsp3) is 0.393. The molecule has 1 aliphatic carbocycles. The van der Waals surface area contributed by atoms with Crippen molar-refractivity contribution in [2.24, 2.45) is 0 Å². The molecule has 2 atom stereocenters. The molecule has 2 aliphatic rings. The van der Waals surface area contributed by atoms with Gasteiger partial charge in [-0.1, -0.05) is 25.6 Å². The predicted octanol–water partition coefficient (Wildman–Crippen LogP) is 4.90. The van der Waals surface area contributed by atoms with E-state index in [1.165, 1.54) is 34.0 Å². The lowest BCUT2D eigenvalue weighted by Crippen LogP contribution is -2.52. The van der Waals surface area contributed by atoms with Crippen LogP contribution in [0.5, 0.6) is 0 Å². The summed E-state index contributed by atoms with van der Waals surface area (Å²) in [4.78, 5) is 6.74. The molecular weight excluding hydrogens is 420 g/mol. The second kappa shape index (κ2) is 10.3. The van der Waals surface area contributed by atoms with Crippen LogP contribution in [0.1, 0.15) is 59.2 Å². The summed E-state index contributed by atoms with van der Waals surface area (Å²) in [7, 11) is 0. The fourth-order valence-corrected chi connectivity index (χ4v) is 5.12. The summed E-state index contributed by atoms with van der Waals surface area (Å²) in [5.41, 5.74) is 9.19. The molecule has 1 aromatic carbocycles. The molecule has 0 saturated carbocycles. The third-order valence-corrected chi connectivity index (χ3v) is 7.15. The number of rotatable bonds is 7. The van der Waals surface area contributed by atoms with Crippen LogP contribution in [0, 0.1) is 30.6 Å². The molecule has 2 unspecified atom stereocenters. The first-order valence-corrected chi connectivity index (χ1v) is 12.0. The van der Waals surface area contributed by atoms with E-state index in [0.29, 0.717) is 24.0 Å². The molecule has 1 fully saturated rings. The van der Waals surface area contributed by atoms with E-state index >= 15 is 0 Å². The second-order valence-corrected chi connectivity index (χ2v) is 9.43. The Hall–Kier alpha value is -3.27. The van der Waals surface area contributed by atoms with E-state index in [1.54, 1.807) is 6.20 Å². The molecule has 3 N–H and O–H groups in total. The maximum Gasteiger partial charge on any atom is 0.130 e. The number of nitrogens with one attached hydrogen (secondary N) is 3. The van der Waals surface area contributed by atoms with E-state index < -0.39 is 0 Å². The minimum atomic E-state index is 0.264. The van der Waals surface area contributed by atoms with Crippen LogP contribution in [0.25, 0.3) is 5.57 Å². The van der Waals surface area contributed by atoms with Crippen molar-refractivity contribution >= 4 is 17.6 Å². The Balaban J connectivity index is 1.49. The highest BCUT2D eigenvalue weighted by atomic mass is 15.2. The summed E-state index contributed by atoms with van der Waals surface area (Å²) in [5, 5.41) is 24.1. The summed E-state index contributed by atoms with van der Waals surface area (Å²) in [6, 6.07) is 9.21. The van der Waals surface area contributed by atoms with Crippen molar-refractivity contribution in [3.05, 3.63) is 76.1 Å². The van der Waals surface area contributed by atoms with E-state index in [4.69, 9.17) is 10.7 Å². The highest BCUT2D eigenvalue weighted by Gasteiger charge is 2.29. The van der Waals surface area contributed by atoms with E-state index in [9.17, 15) is 0 Å². The third-order valence-electron chi connectivity index (χ3n) is 7.15. The number of pyridine rings is 1. The van der Waals surface area contributed by atoms with Gasteiger partial charge in [0.2, 0.25) is 0 Å². The number of hydrogen-bond acceptors (Lipinski definition) is 6. The Morgan fingerprint density at radius 2 is 2.18 bits per heavy atom. The Morgan fingerprint density at radius 3 is 2.88 bits per heavy atom. The molecule has 1 aromatic heterocycles. The van der Waals surface area contributed by atoms with E-state index in [2.05, 4.69) is 59.1 Å². The molecule has 2 heterocycles. The topological polar surface area (TPSA) is 87.8 Å². The zero-order chi connectivity index (χ0) is 24.2. The molecule has 2 aromatic rings. The maximum atomic E-state index is 9.10. The monoisotopic (exact) mass is 454 g/mol. The molecule has 6 heteroatoms. The predicted molar refractivity (Wildman–Crippen MR) is 139 cm³/mol. The lowest BCUT2D eigenvalue weighted by molar-refractivity contribution is 0.170. The van der Waals surface area contributed by atoms with Crippen LogP contribution in [-0.4, -0.2) is 41.8 Å². The molecule has 0 amide bonds. The number of benzene rings is 1. The van der Waals surface area contributed by atoms with Gasteiger partial charge in [0.1, 0.15) is 11.9 Å². The Morgan fingerprint density at radius 1 is 1.35 bits per heavy atom. The van der Waals surface area contributed by atoms with Gasteiger partial charge < -0.3 is 16.0 Å². The van der Waals surface area contributed by atoms with Crippen molar-refractivity contribution in [3.63, 3.8) is 0 Å². The van der Waals surface area contributed by atoms with Gasteiger partial charge in [-0.15, -0.1) is 0 Å². The number of allylic oxidation sites excluding steroid dienone is 1. The Kier molecular flexibility index (Phi) is 7.26. The van der Waals surface area contributed by atoms with E-state index in [0.717, 1.165) is 43.5 Å². The molecule has 6 nitrogen and oxygen atoms in total. The average Bonchev–Trinajstić information content (AvgIpc) is 3.23. The van der Waals surface area contributed by atoms with Gasteiger partial charge in [-0.25, -0.2) is 4.98 Å². The zero-order valence-electron chi connectivity index (χ0n) is 20.4. The molecular formula is C28H34N6. The first-order chi connectivity index (χ1) is 16.4. The number of piperazine rings is 1. The molecule has 4 rings (SSSR count). The lowest BCUT2D eigenvalue weighted by Gasteiger charge is -2.40. The van der Waals surface area contributed by atoms with Crippen LogP contribution >= 0.6 is 0 Å². The lowest BCUT2D eigenvalue weighted by atomic mass is 9.91. The minimum Gasteiger partial charge on any atom is -0.346 e. The number of nitrogens with zero attached hydrogens (tertiary/aromatic N) is 3. The highest BCUT2D eigenvalue weighted by Crippen LogP contribution is 2.36. The van der Waals surface area contributed by atoms with Crippen LogP contribution in [0.4, 0.5) is 5.82 Å². The molecule has 176 valence electrons. The molecule has 1 saturated heterocycles. The number of hydrogen-bond donors (Lipinski definition) is 3. The summed E-state index contributed by atoms with van der Waals surface area (Å²) in [6.45, 7) is 13.2. The van der Waals surface area contributed by atoms with Gasteiger partial charge in [0.05, 0.1) is 5.56 Å². The summed E-state index contributed by atoms with van der Waals surface area (Å²) < 4.78 is 0. The molecule has 0 radical (unpaired) electrons. The van der Waals surface area contributed by atoms with Crippen LogP contribution < -0.4 is 10.6 Å². The van der Waals surface area contributed by atoms with Crippen LogP contribution in [0.2, 0.25) is 0 Å². The minimum absolute atomic E-state index is 0.264. The second-order valence-electron chi connectivity index (χ2n) is 9.43. The van der Waals surface area contributed by atoms with Gasteiger partial charge in [0.15, 0.2) is 0 Å². The number of nitriles is 1. The number of anilines is 1. The average molecular weight is 455 g/mol. The fourth-order valence-electron chi connectivity index (χ4n) is 5.12. The normalized spacial score (nSPS) is 20.6. The van der Waals surface area contributed by atoms with Gasteiger partial charge in [-0.05, 0) is 78.1 Å². The van der Waals surface area contributed by atoms with Crippen LogP contribution in [0.3, 0.4) is 0 Å². The number of aryl methyl sites for hydroxylation is 1. The largest absolute Gasteiger partial charge is 0.346 e. The number of aromatic nitrogens is 1. The smallest absolute Gasteiger partial charge is 0.130 e. The SMILES string of the molecule is C=C1CCc2c1ccc(C1CN(C/C(C=N)=C/Nc3cc(C)c(C#N)cn3)CC(CC)N1)c2C. The molecule has 34 heavy (non-hydrogen) atoms. The van der Waals surface area contributed by atoms with Crippen molar-refractivity contribution in [1.29, 1.82) is 10.7 Å². The first-order valence-electron chi connectivity index (χ1n) is 12.0. The zero-order valence-corrected chi connectivity index (χ0v) is 20.4. The van der Waals surface area contributed by atoms with Crippen molar-refractivity contribution in [3.8, 4) is 6.07 Å². The summed E-state index contributed by atoms with van der Waals surface area (Å²) >= 11 is 0. The van der Waals surface area contributed by atoms with Gasteiger partial charge in [0, 0.05) is 50.3 Å². The van der Waals surface area contributed by atoms with Crippen molar-refractivity contribution in [2.75, 3.05) is 25.0 Å². The summed E-state index contributed by atoms with van der Waals surface area (Å²) in [6.07, 6.45) is 8.06. The van der Waals surface area contributed by atoms with Crippen molar-refractivity contribution < 1.29 is 0 Å². The van der Waals surface area contributed by atoms with Crippen LogP contribution in [-0.2, 0) is 6.42 Å².